The number of morpholine rings is 1. The number of amidine groups is 1. The number of hydrogen-bond donors (Lipinski definition) is 1. The molecule has 4 heterocycles. The average Bonchev–Trinajstić information content (AvgIpc) is 3.08. The van der Waals surface area contributed by atoms with Gasteiger partial charge < -0.3 is 19.9 Å². The normalized spacial score (nSPS) is 19.7. The summed E-state index contributed by atoms with van der Waals surface area (Å²) in [6.07, 6.45) is 5.37. The number of hydrogen-bond acceptors (Lipinski definition) is 7. The third-order valence-corrected chi connectivity index (χ3v) is 7.54. The van der Waals surface area contributed by atoms with Gasteiger partial charge in [0, 0.05) is 44.4 Å². The van der Waals surface area contributed by atoms with E-state index in [1.807, 2.05) is 17.0 Å². The van der Waals surface area contributed by atoms with Gasteiger partial charge in [-0.3, -0.25) is 4.79 Å². The van der Waals surface area contributed by atoms with Crippen molar-refractivity contribution in [1.82, 2.24) is 10.3 Å². The third kappa shape index (κ3) is 4.58. The minimum atomic E-state index is -3.82. The molecule has 0 saturated carbocycles. The summed E-state index contributed by atoms with van der Waals surface area (Å²) in [5.41, 5.74) is 1.77. The molecule has 2 aromatic rings. The maximum atomic E-state index is 12.8. The van der Waals surface area contributed by atoms with Crippen LogP contribution in [0.3, 0.4) is 0 Å². The summed E-state index contributed by atoms with van der Waals surface area (Å²) < 4.78 is 35.0. The molecule has 5 rings (SSSR count). The van der Waals surface area contributed by atoms with Crippen LogP contribution in [0, 0.1) is 0 Å². The maximum Gasteiger partial charge on any atom is 0.286 e. The Morgan fingerprint density at radius 2 is 1.91 bits per heavy atom. The zero-order valence-electron chi connectivity index (χ0n) is 18.4. The maximum absolute atomic E-state index is 12.8. The van der Waals surface area contributed by atoms with Gasteiger partial charge in [0.25, 0.3) is 15.9 Å². The van der Waals surface area contributed by atoms with Crippen LogP contribution in [0.15, 0.2) is 45.8 Å². The number of benzene rings is 1. The Labute approximate surface area is 193 Å². The number of nitrogens with one attached hydrogen (secondary N) is 1. The molecule has 9 nitrogen and oxygen atoms in total. The molecule has 0 spiro atoms. The largest absolute Gasteiger partial charge is 0.378 e. The minimum absolute atomic E-state index is 0.0948. The van der Waals surface area contributed by atoms with Crippen LogP contribution in [0.1, 0.15) is 41.6 Å². The zero-order chi connectivity index (χ0) is 22.8. The third-order valence-electron chi connectivity index (χ3n) is 6.21. The standard InChI is InChI=1S/C23H27N5O4S/c29-23(25-16-17-5-8-21(24-15-17)27-10-12-32-13-11-27)18-6-7-19-20(14-18)33(30,31)26-22-4-2-1-3-9-28(19)22/h5-8,14-15H,1-4,9-13,16H2,(H,25,29). The number of rotatable bonds is 4. The smallest absolute Gasteiger partial charge is 0.286 e. The lowest BCUT2D eigenvalue weighted by atomic mass is 10.1. The number of carbonyl (C=O) groups excluding carboxylic acids is 1. The van der Waals surface area contributed by atoms with Gasteiger partial charge in [-0.25, -0.2) is 4.98 Å². The topological polar surface area (TPSA) is 104 Å². The van der Waals surface area contributed by atoms with Crippen molar-refractivity contribution in [3.8, 4) is 0 Å². The predicted octanol–water partition coefficient (Wildman–Crippen LogP) is 2.33. The number of nitrogens with zero attached hydrogens (tertiary/aromatic N) is 4. The molecule has 3 aliphatic rings. The number of fused-ring (bicyclic) bond motifs is 3. The Kier molecular flexibility index (Phi) is 6.03. The second kappa shape index (κ2) is 9.11. The molecule has 174 valence electrons. The van der Waals surface area contributed by atoms with Crippen molar-refractivity contribution in [2.24, 2.45) is 4.40 Å². The van der Waals surface area contributed by atoms with E-state index in [2.05, 4.69) is 19.6 Å². The van der Waals surface area contributed by atoms with E-state index in [-0.39, 0.29) is 10.8 Å². The number of amides is 1. The molecule has 3 aliphatic heterocycles. The van der Waals surface area contributed by atoms with Crippen LogP contribution < -0.4 is 15.1 Å². The van der Waals surface area contributed by atoms with Crippen molar-refractivity contribution < 1.29 is 17.9 Å². The fourth-order valence-electron chi connectivity index (χ4n) is 4.41. The lowest BCUT2D eigenvalue weighted by Gasteiger charge is -2.29. The summed E-state index contributed by atoms with van der Waals surface area (Å²) in [4.78, 5) is 21.5. The molecule has 1 amide bonds. The van der Waals surface area contributed by atoms with Gasteiger partial charge in [0.1, 0.15) is 16.5 Å². The lowest BCUT2D eigenvalue weighted by Crippen LogP contribution is -2.36. The minimum Gasteiger partial charge on any atom is -0.378 e. The highest BCUT2D eigenvalue weighted by atomic mass is 32.2. The molecule has 2 fully saturated rings. The summed E-state index contributed by atoms with van der Waals surface area (Å²) in [5.74, 6) is 1.16. The molecule has 0 aliphatic carbocycles. The van der Waals surface area contributed by atoms with Crippen molar-refractivity contribution in [2.45, 2.75) is 37.1 Å². The van der Waals surface area contributed by atoms with Crippen LogP contribution in [-0.4, -0.2) is 58.0 Å². The molecule has 0 unspecified atom stereocenters. The molecule has 1 aromatic carbocycles. The number of carbonyl (C=O) groups is 1. The molecule has 0 bridgehead atoms. The molecule has 2 saturated heterocycles. The fourth-order valence-corrected chi connectivity index (χ4v) is 5.69. The molecule has 0 atom stereocenters. The second-order valence-corrected chi connectivity index (χ2v) is 10.0. The van der Waals surface area contributed by atoms with Gasteiger partial charge in [0.2, 0.25) is 0 Å². The van der Waals surface area contributed by atoms with Crippen molar-refractivity contribution in [1.29, 1.82) is 0 Å². The van der Waals surface area contributed by atoms with Crippen molar-refractivity contribution >= 4 is 33.3 Å². The Morgan fingerprint density at radius 1 is 1.06 bits per heavy atom. The van der Waals surface area contributed by atoms with Crippen LogP contribution in [-0.2, 0) is 21.3 Å². The molecular weight excluding hydrogens is 442 g/mol. The van der Waals surface area contributed by atoms with E-state index in [1.54, 1.807) is 18.3 Å². The fraction of sp³-hybridized carbons (Fsp3) is 0.435. The Bertz CT molecular complexity index is 1170. The number of pyridine rings is 1. The van der Waals surface area contributed by atoms with E-state index in [0.29, 0.717) is 43.3 Å². The summed E-state index contributed by atoms with van der Waals surface area (Å²) in [5, 5.41) is 2.86. The van der Waals surface area contributed by atoms with Gasteiger partial charge in [-0.15, -0.1) is 4.40 Å². The highest BCUT2D eigenvalue weighted by molar-refractivity contribution is 7.90. The SMILES string of the molecule is O=C(NCc1ccc(N2CCOCC2)nc1)c1ccc2c(c1)S(=O)(=O)N=C1CCCCCN12. The van der Waals surface area contributed by atoms with Gasteiger partial charge in [-0.1, -0.05) is 12.5 Å². The van der Waals surface area contributed by atoms with Crippen molar-refractivity contribution in [3.05, 3.63) is 47.7 Å². The van der Waals surface area contributed by atoms with E-state index in [0.717, 1.165) is 50.3 Å². The molecule has 33 heavy (non-hydrogen) atoms. The first-order valence-electron chi connectivity index (χ1n) is 11.3. The van der Waals surface area contributed by atoms with Gasteiger partial charge in [-0.05, 0) is 42.7 Å². The van der Waals surface area contributed by atoms with Crippen LogP contribution in [0.25, 0.3) is 0 Å². The van der Waals surface area contributed by atoms with Gasteiger partial charge in [-0.2, -0.15) is 8.42 Å². The van der Waals surface area contributed by atoms with E-state index < -0.39 is 10.0 Å². The number of sulfonamides is 1. The van der Waals surface area contributed by atoms with Gasteiger partial charge >= 0.3 is 0 Å². The predicted molar refractivity (Wildman–Crippen MR) is 125 cm³/mol. The van der Waals surface area contributed by atoms with Gasteiger partial charge in [0.05, 0.1) is 18.9 Å². The highest BCUT2D eigenvalue weighted by Crippen LogP contribution is 2.35. The zero-order valence-corrected chi connectivity index (χ0v) is 19.2. The first-order chi connectivity index (χ1) is 16.0. The molecule has 1 aromatic heterocycles. The Balaban J connectivity index is 1.28. The molecule has 0 radical (unpaired) electrons. The monoisotopic (exact) mass is 469 g/mol. The van der Waals surface area contributed by atoms with Crippen LogP contribution >= 0.6 is 0 Å². The average molecular weight is 470 g/mol. The van der Waals surface area contributed by atoms with Crippen LogP contribution in [0.5, 0.6) is 0 Å². The quantitative estimate of drug-likeness (QED) is 0.733. The second-order valence-electron chi connectivity index (χ2n) is 8.43. The highest BCUT2D eigenvalue weighted by Gasteiger charge is 2.32. The van der Waals surface area contributed by atoms with Crippen LogP contribution in [0.4, 0.5) is 11.5 Å². The summed E-state index contributed by atoms with van der Waals surface area (Å²) in [6, 6.07) is 8.71. The summed E-state index contributed by atoms with van der Waals surface area (Å²) in [6.45, 7) is 4.05. The number of ether oxygens (including phenoxy) is 1. The summed E-state index contributed by atoms with van der Waals surface area (Å²) in [7, 11) is -3.82. The summed E-state index contributed by atoms with van der Waals surface area (Å²) >= 11 is 0. The van der Waals surface area contributed by atoms with E-state index in [9.17, 15) is 13.2 Å². The number of aromatic nitrogens is 1. The number of anilines is 2. The first kappa shape index (κ1) is 21.8. The molecular formula is C23H27N5O4S. The molecule has 10 heteroatoms. The van der Waals surface area contributed by atoms with E-state index >= 15 is 0 Å². The Hall–Kier alpha value is -2.98. The van der Waals surface area contributed by atoms with Crippen molar-refractivity contribution in [2.75, 3.05) is 42.6 Å². The Morgan fingerprint density at radius 3 is 2.70 bits per heavy atom. The van der Waals surface area contributed by atoms with E-state index in [1.165, 1.54) is 6.07 Å². The van der Waals surface area contributed by atoms with Gasteiger partial charge in [0.15, 0.2) is 0 Å². The van der Waals surface area contributed by atoms with E-state index in [4.69, 9.17) is 4.74 Å². The first-order valence-corrected chi connectivity index (χ1v) is 12.8. The lowest BCUT2D eigenvalue weighted by molar-refractivity contribution is 0.0950. The molecule has 1 N–H and O–H groups in total. The van der Waals surface area contributed by atoms with Crippen molar-refractivity contribution in [3.63, 3.8) is 0 Å². The van der Waals surface area contributed by atoms with Crippen LogP contribution in [0.2, 0.25) is 0 Å².